The Bertz CT molecular complexity index is 787. The smallest absolute Gasteiger partial charge is 0.252 e. The molecule has 2 rings (SSSR count). The van der Waals surface area contributed by atoms with Crippen LogP contribution in [0.1, 0.15) is 0 Å². The zero-order valence-electron chi connectivity index (χ0n) is 11.7. The third-order valence-electron chi connectivity index (χ3n) is 3.08. The average molecular weight is 343 g/mol. The van der Waals surface area contributed by atoms with E-state index in [9.17, 15) is 9.90 Å². The van der Waals surface area contributed by atoms with Crippen LogP contribution in [0, 0.1) is 4.77 Å². The van der Waals surface area contributed by atoms with Crippen LogP contribution < -0.4 is 10.3 Å². The van der Waals surface area contributed by atoms with Gasteiger partial charge in [-0.05, 0) is 30.4 Å². The number of benzene rings is 1. The van der Waals surface area contributed by atoms with E-state index in [4.69, 9.17) is 33.7 Å². The third kappa shape index (κ3) is 3.56. The number of aliphatic hydroxyl groups is 2. The molecule has 22 heavy (non-hydrogen) atoms. The SMILES string of the molecule is COc1ccc(Cl)cc1-c1cc(=O)[nH]c(=S)n1CC(O)CO. The number of hydrogen-bond acceptors (Lipinski definition) is 5. The Kier molecular flexibility index (Phi) is 5.36. The highest BCUT2D eigenvalue weighted by atomic mass is 35.5. The molecule has 118 valence electrons. The molecule has 2 aromatic rings. The minimum absolute atomic E-state index is 0.0249. The summed E-state index contributed by atoms with van der Waals surface area (Å²) in [5, 5.41) is 19.2. The fourth-order valence-electron chi connectivity index (χ4n) is 2.07. The Balaban J connectivity index is 2.71. The molecule has 0 aliphatic rings. The number of halogens is 1. The van der Waals surface area contributed by atoms with Gasteiger partial charge in [-0.3, -0.25) is 9.78 Å². The molecular weight excluding hydrogens is 328 g/mol. The summed E-state index contributed by atoms with van der Waals surface area (Å²) in [7, 11) is 1.50. The second-order valence-corrected chi connectivity index (χ2v) is 5.44. The minimum atomic E-state index is -1.01. The largest absolute Gasteiger partial charge is 0.496 e. The fraction of sp³-hybridized carbons (Fsp3) is 0.286. The maximum Gasteiger partial charge on any atom is 0.252 e. The third-order valence-corrected chi connectivity index (χ3v) is 3.63. The predicted molar refractivity (Wildman–Crippen MR) is 86.0 cm³/mol. The van der Waals surface area contributed by atoms with Crippen molar-refractivity contribution in [1.82, 2.24) is 9.55 Å². The van der Waals surface area contributed by atoms with E-state index in [2.05, 4.69) is 4.98 Å². The second-order valence-electron chi connectivity index (χ2n) is 4.62. The van der Waals surface area contributed by atoms with Crippen LogP contribution in [-0.2, 0) is 6.54 Å². The number of rotatable bonds is 5. The van der Waals surface area contributed by atoms with Crippen LogP contribution in [0.15, 0.2) is 29.1 Å². The van der Waals surface area contributed by atoms with Gasteiger partial charge in [0.25, 0.3) is 5.56 Å². The first-order valence-electron chi connectivity index (χ1n) is 6.43. The van der Waals surface area contributed by atoms with Crippen molar-refractivity contribution in [3.63, 3.8) is 0 Å². The van der Waals surface area contributed by atoms with E-state index in [1.807, 2.05) is 0 Å². The van der Waals surface area contributed by atoms with Gasteiger partial charge in [0, 0.05) is 16.7 Å². The van der Waals surface area contributed by atoms with E-state index in [0.29, 0.717) is 22.0 Å². The quantitative estimate of drug-likeness (QED) is 0.718. The van der Waals surface area contributed by atoms with Crippen molar-refractivity contribution in [3.8, 4) is 17.0 Å². The molecule has 1 atom stereocenters. The lowest BCUT2D eigenvalue weighted by Gasteiger charge is -2.18. The Morgan fingerprint density at radius 1 is 1.45 bits per heavy atom. The van der Waals surface area contributed by atoms with Crippen LogP contribution in [0.4, 0.5) is 0 Å². The second kappa shape index (κ2) is 7.06. The maximum atomic E-state index is 11.8. The number of methoxy groups -OCH3 is 1. The van der Waals surface area contributed by atoms with Gasteiger partial charge in [0.05, 0.1) is 32.1 Å². The molecule has 0 amide bonds. The zero-order valence-corrected chi connectivity index (χ0v) is 13.3. The van der Waals surface area contributed by atoms with Crippen molar-refractivity contribution in [1.29, 1.82) is 0 Å². The summed E-state index contributed by atoms with van der Waals surface area (Å²) in [6.45, 7) is -0.399. The molecule has 0 aliphatic carbocycles. The Morgan fingerprint density at radius 3 is 2.82 bits per heavy atom. The van der Waals surface area contributed by atoms with Crippen molar-refractivity contribution in [3.05, 3.63) is 44.4 Å². The van der Waals surface area contributed by atoms with Gasteiger partial charge in [-0.15, -0.1) is 0 Å². The molecule has 0 fully saturated rings. The summed E-state index contributed by atoms with van der Waals surface area (Å²) in [6.07, 6.45) is -1.01. The van der Waals surface area contributed by atoms with Crippen molar-refractivity contribution in [2.75, 3.05) is 13.7 Å². The molecule has 0 spiro atoms. The number of hydrogen-bond donors (Lipinski definition) is 3. The van der Waals surface area contributed by atoms with Crippen LogP contribution in [0.3, 0.4) is 0 Å². The molecule has 0 saturated carbocycles. The standard InChI is InChI=1S/C14H15ClN2O4S/c1-21-12-3-2-8(15)4-10(12)11-5-13(20)16-14(22)17(11)6-9(19)7-18/h2-5,9,18-19H,6-7H2,1H3,(H,16,20,22). The molecule has 0 radical (unpaired) electrons. The summed E-state index contributed by atoms with van der Waals surface area (Å²) in [5.74, 6) is 0.511. The van der Waals surface area contributed by atoms with E-state index in [1.54, 1.807) is 18.2 Å². The Hall–Kier alpha value is -1.67. The highest BCUT2D eigenvalue weighted by Gasteiger charge is 2.15. The molecule has 0 saturated heterocycles. The lowest BCUT2D eigenvalue weighted by atomic mass is 10.1. The van der Waals surface area contributed by atoms with Crippen molar-refractivity contribution in [2.45, 2.75) is 12.6 Å². The van der Waals surface area contributed by atoms with Gasteiger partial charge in [-0.2, -0.15) is 0 Å². The lowest BCUT2D eigenvalue weighted by molar-refractivity contribution is 0.0808. The van der Waals surface area contributed by atoms with Gasteiger partial charge in [0.2, 0.25) is 0 Å². The van der Waals surface area contributed by atoms with Crippen molar-refractivity contribution in [2.24, 2.45) is 0 Å². The molecule has 1 heterocycles. The number of aliphatic hydroxyl groups excluding tert-OH is 2. The number of H-pyrrole nitrogens is 1. The fourth-order valence-corrected chi connectivity index (χ4v) is 2.52. The summed E-state index contributed by atoms with van der Waals surface area (Å²) >= 11 is 11.2. The first-order valence-corrected chi connectivity index (χ1v) is 7.22. The van der Waals surface area contributed by atoms with Gasteiger partial charge >= 0.3 is 0 Å². The van der Waals surface area contributed by atoms with Gasteiger partial charge in [0.15, 0.2) is 4.77 Å². The molecule has 1 aromatic heterocycles. The number of nitrogens with zero attached hydrogens (tertiary/aromatic N) is 1. The summed E-state index contributed by atoms with van der Waals surface area (Å²) in [5.41, 5.74) is 0.634. The van der Waals surface area contributed by atoms with Crippen LogP contribution in [0.5, 0.6) is 5.75 Å². The van der Waals surface area contributed by atoms with Crippen LogP contribution in [0.25, 0.3) is 11.3 Å². The van der Waals surface area contributed by atoms with E-state index in [0.717, 1.165) is 0 Å². The first kappa shape index (κ1) is 16.7. The number of aromatic amines is 1. The van der Waals surface area contributed by atoms with Gasteiger partial charge in [-0.25, -0.2) is 0 Å². The van der Waals surface area contributed by atoms with Crippen molar-refractivity contribution < 1.29 is 14.9 Å². The van der Waals surface area contributed by atoms with Gasteiger partial charge in [-0.1, -0.05) is 11.6 Å². The summed E-state index contributed by atoms with van der Waals surface area (Å²) < 4.78 is 6.95. The monoisotopic (exact) mass is 342 g/mol. The molecule has 0 aliphatic heterocycles. The van der Waals surface area contributed by atoms with Crippen molar-refractivity contribution >= 4 is 23.8 Å². The molecule has 8 heteroatoms. The number of ether oxygens (including phenoxy) is 1. The van der Waals surface area contributed by atoms with Crippen LogP contribution in [-0.4, -0.2) is 39.6 Å². The predicted octanol–water partition coefficient (Wildman–Crippen LogP) is 1.59. The molecule has 0 bridgehead atoms. The van der Waals surface area contributed by atoms with E-state index in [-0.39, 0.29) is 16.9 Å². The Labute approximate surface area is 136 Å². The average Bonchev–Trinajstić information content (AvgIpc) is 2.49. The molecular formula is C14H15ClN2O4S. The van der Waals surface area contributed by atoms with Crippen LogP contribution >= 0.6 is 23.8 Å². The zero-order chi connectivity index (χ0) is 16.3. The maximum absolute atomic E-state index is 11.8. The van der Waals surface area contributed by atoms with Crippen LogP contribution in [0.2, 0.25) is 5.02 Å². The summed E-state index contributed by atoms with van der Waals surface area (Å²) in [6, 6.07) is 6.33. The normalized spacial score (nSPS) is 12.2. The topological polar surface area (TPSA) is 87.5 Å². The lowest BCUT2D eigenvalue weighted by Crippen LogP contribution is -2.24. The van der Waals surface area contributed by atoms with E-state index in [1.165, 1.54) is 17.7 Å². The molecule has 1 aromatic carbocycles. The highest BCUT2D eigenvalue weighted by molar-refractivity contribution is 7.71. The molecule has 1 unspecified atom stereocenters. The molecule has 6 nitrogen and oxygen atoms in total. The van der Waals surface area contributed by atoms with E-state index >= 15 is 0 Å². The highest BCUT2D eigenvalue weighted by Crippen LogP contribution is 2.32. The molecule has 3 N–H and O–H groups in total. The summed E-state index contributed by atoms with van der Waals surface area (Å²) in [4.78, 5) is 14.2. The number of aromatic nitrogens is 2. The van der Waals surface area contributed by atoms with E-state index < -0.39 is 12.7 Å². The van der Waals surface area contributed by atoms with Gasteiger partial charge < -0.3 is 19.5 Å². The Morgan fingerprint density at radius 2 is 2.18 bits per heavy atom. The minimum Gasteiger partial charge on any atom is -0.496 e. The van der Waals surface area contributed by atoms with Gasteiger partial charge in [0.1, 0.15) is 5.75 Å². The first-order chi connectivity index (χ1) is 10.5. The number of nitrogens with one attached hydrogen (secondary N) is 1.